The average molecular weight is 375 g/mol. The van der Waals surface area contributed by atoms with Gasteiger partial charge in [-0.25, -0.2) is 9.97 Å². The summed E-state index contributed by atoms with van der Waals surface area (Å²) in [5, 5.41) is 0. The quantitative estimate of drug-likeness (QED) is 0.396. The van der Waals surface area contributed by atoms with Crippen molar-refractivity contribution in [1.82, 2.24) is 14.9 Å². The number of unbranched alkanes of at least 4 members (excludes halogenated alkanes) is 1. The van der Waals surface area contributed by atoms with Gasteiger partial charge in [-0.05, 0) is 31.1 Å². The number of anilines is 1. The van der Waals surface area contributed by atoms with Gasteiger partial charge in [0.05, 0.1) is 13.3 Å². The minimum Gasteiger partial charge on any atom is -0.491 e. The maximum atomic E-state index is 5.38. The number of rotatable bonds is 8. The topological polar surface area (TPSA) is 41.5 Å². The monoisotopic (exact) mass is 374 g/mol. The van der Waals surface area contributed by atoms with Gasteiger partial charge in [0.15, 0.2) is 11.6 Å². The summed E-state index contributed by atoms with van der Waals surface area (Å²) in [6, 6.07) is 3.88. The molecule has 0 aromatic carbocycles. The fraction of sp³-hybridized carbons (Fsp3) is 0.700. The number of nitrogens with zero attached hydrogens (tertiary/aromatic N) is 4. The summed E-state index contributed by atoms with van der Waals surface area (Å²) < 4.78 is 5.38. The summed E-state index contributed by atoms with van der Waals surface area (Å²) in [6.45, 7) is 12.2. The summed E-state index contributed by atoms with van der Waals surface area (Å²) in [5.41, 5.74) is 3.70. The lowest BCUT2D eigenvalue weighted by molar-refractivity contribution is 0.254. The van der Waals surface area contributed by atoms with Crippen molar-refractivity contribution >= 4 is 13.9 Å². The summed E-state index contributed by atoms with van der Waals surface area (Å²) in [5.74, 6) is 5.18. The molecule has 1 aromatic heterocycles. The van der Waals surface area contributed by atoms with Crippen LogP contribution < -0.4 is 9.64 Å². The number of hydrogen-bond acceptors (Lipinski definition) is 5. The molecule has 1 aliphatic heterocycles. The van der Waals surface area contributed by atoms with Gasteiger partial charge in [0.2, 0.25) is 0 Å². The molecule has 0 atom stereocenters. The molecular formula is C20H34N4OSi. The highest BCUT2D eigenvalue weighted by Crippen LogP contribution is 2.24. The number of aromatic nitrogens is 2. The molecule has 0 N–H and O–H groups in total. The van der Waals surface area contributed by atoms with Crippen LogP contribution in [0.15, 0.2) is 12.5 Å². The molecule has 1 aromatic rings. The third-order valence-electron chi connectivity index (χ3n) is 5.71. The van der Waals surface area contributed by atoms with E-state index in [1.807, 2.05) is 0 Å². The van der Waals surface area contributed by atoms with Crippen LogP contribution in [0.2, 0.25) is 18.1 Å². The Bertz CT molecular complexity index is 593. The van der Waals surface area contributed by atoms with E-state index in [4.69, 9.17) is 4.74 Å². The van der Waals surface area contributed by atoms with Gasteiger partial charge < -0.3 is 9.64 Å². The van der Waals surface area contributed by atoms with Crippen molar-refractivity contribution in [3.8, 4) is 17.2 Å². The minimum absolute atomic E-state index is 0.756. The van der Waals surface area contributed by atoms with E-state index >= 15 is 0 Å². The minimum atomic E-state index is -1.27. The van der Waals surface area contributed by atoms with Crippen LogP contribution >= 0.6 is 0 Å². The summed E-state index contributed by atoms with van der Waals surface area (Å²) >= 11 is 0. The van der Waals surface area contributed by atoms with E-state index < -0.39 is 8.07 Å². The van der Waals surface area contributed by atoms with E-state index in [9.17, 15) is 0 Å². The zero-order valence-corrected chi connectivity index (χ0v) is 17.9. The first-order valence-electron chi connectivity index (χ1n) is 9.99. The maximum Gasteiger partial charge on any atom is 0.179 e. The standard InChI is InChI=1S/C20H34N4OSi/c1-5-26(6-2,7-3)16-10-8-9-11-23-12-14-24(15-13-23)20-19(25-4)17-21-18-22-20/h17-18H,5-9,11-15H2,1-4H3. The smallest absolute Gasteiger partial charge is 0.179 e. The van der Waals surface area contributed by atoms with Gasteiger partial charge in [-0.1, -0.05) is 20.8 Å². The first-order valence-corrected chi connectivity index (χ1v) is 12.6. The summed E-state index contributed by atoms with van der Waals surface area (Å²) in [4.78, 5) is 13.3. The van der Waals surface area contributed by atoms with Crippen molar-refractivity contribution in [2.45, 2.75) is 51.7 Å². The van der Waals surface area contributed by atoms with Crippen LogP contribution in [-0.2, 0) is 0 Å². The van der Waals surface area contributed by atoms with Crippen molar-refractivity contribution in [3.05, 3.63) is 12.5 Å². The number of ether oxygens (including phenoxy) is 1. The van der Waals surface area contributed by atoms with E-state index in [1.165, 1.54) is 24.6 Å². The molecule has 0 unspecified atom stereocenters. The molecule has 0 bridgehead atoms. The molecule has 1 fully saturated rings. The molecule has 2 heterocycles. The Kier molecular flexibility index (Phi) is 8.40. The summed E-state index contributed by atoms with van der Waals surface area (Å²) in [7, 11) is 0.405. The molecule has 0 aliphatic carbocycles. The van der Waals surface area contributed by atoms with Gasteiger partial charge in [0.25, 0.3) is 0 Å². The van der Waals surface area contributed by atoms with Gasteiger partial charge in [-0.15, -0.1) is 11.5 Å². The Morgan fingerprint density at radius 1 is 1.12 bits per heavy atom. The molecule has 2 rings (SSSR count). The summed E-state index contributed by atoms with van der Waals surface area (Å²) in [6.07, 6.45) is 5.54. The highest BCUT2D eigenvalue weighted by molar-refractivity contribution is 6.87. The van der Waals surface area contributed by atoms with Gasteiger partial charge >= 0.3 is 0 Å². The average Bonchev–Trinajstić information content (AvgIpc) is 2.71. The SMILES string of the molecule is CC[Si](C#CCCCN1CCN(c2ncncc2OC)CC1)(CC)CC. The van der Waals surface area contributed by atoms with Crippen molar-refractivity contribution in [2.75, 3.05) is 44.7 Å². The second kappa shape index (κ2) is 10.5. The first-order chi connectivity index (χ1) is 12.7. The molecule has 0 saturated carbocycles. The molecule has 0 amide bonds. The largest absolute Gasteiger partial charge is 0.491 e. The third kappa shape index (κ3) is 5.45. The highest BCUT2D eigenvalue weighted by Gasteiger charge is 2.24. The molecular weight excluding hydrogens is 340 g/mol. The van der Waals surface area contributed by atoms with Crippen molar-refractivity contribution in [3.63, 3.8) is 0 Å². The zero-order chi connectivity index (χ0) is 18.8. The van der Waals surface area contributed by atoms with Crippen LogP contribution in [0.5, 0.6) is 5.75 Å². The Labute approximate surface area is 160 Å². The van der Waals surface area contributed by atoms with Crippen LogP contribution in [0.25, 0.3) is 0 Å². The second-order valence-electron chi connectivity index (χ2n) is 6.99. The normalized spacial score (nSPS) is 15.5. The van der Waals surface area contributed by atoms with Gasteiger partial charge in [-0.2, -0.15) is 0 Å². The lowest BCUT2D eigenvalue weighted by Gasteiger charge is -2.35. The van der Waals surface area contributed by atoms with Crippen LogP contribution in [0.1, 0.15) is 33.6 Å². The lowest BCUT2D eigenvalue weighted by Crippen LogP contribution is -2.47. The van der Waals surface area contributed by atoms with Crippen molar-refractivity contribution in [2.24, 2.45) is 0 Å². The van der Waals surface area contributed by atoms with Crippen LogP contribution in [-0.4, -0.2) is 62.8 Å². The lowest BCUT2D eigenvalue weighted by atomic mass is 10.2. The molecule has 0 radical (unpaired) electrons. The van der Waals surface area contributed by atoms with Crippen LogP contribution in [0.3, 0.4) is 0 Å². The molecule has 6 heteroatoms. The molecule has 0 spiro atoms. The Morgan fingerprint density at radius 2 is 1.81 bits per heavy atom. The Balaban J connectivity index is 1.75. The van der Waals surface area contributed by atoms with Crippen molar-refractivity contribution < 1.29 is 4.74 Å². The predicted molar refractivity (Wildman–Crippen MR) is 111 cm³/mol. The van der Waals surface area contributed by atoms with E-state index in [2.05, 4.69) is 52.0 Å². The van der Waals surface area contributed by atoms with Crippen molar-refractivity contribution in [1.29, 1.82) is 0 Å². The molecule has 26 heavy (non-hydrogen) atoms. The third-order valence-corrected chi connectivity index (χ3v) is 10.5. The zero-order valence-electron chi connectivity index (χ0n) is 16.9. The van der Waals surface area contributed by atoms with E-state index in [1.54, 1.807) is 19.6 Å². The van der Waals surface area contributed by atoms with Crippen LogP contribution in [0, 0.1) is 11.5 Å². The number of methoxy groups -OCH3 is 1. The Hall–Kier alpha value is -1.58. The van der Waals surface area contributed by atoms with Crippen LogP contribution in [0.4, 0.5) is 5.82 Å². The van der Waals surface area contributed by atoms with E-state index in [-0.39, 0.29) is 0 Å². The van der Waals surface area contributed by atoms with Gasteiger partial charge in [0.1, 0.15) is 14.4 Å². The maximum absolute atomic E-state index is 5.38. The molecule has 144 valence electrons. The van der Waals surface area contributed by atoms with Gasteiger partial charge in [0, 0.05) is 32.6 Å². The number of hydrogen-bond donors (Lipinski definition) is 0. The van der Waals surface area contributed by atoms with E-state index in [0.29, 0.717) is 0 Å². The highest BCUT2D eigenvalue weighted by atomic mass is 28.3. The molecule has 5 nitrogen and oxygen atoms in total. The molecule has 1 saturated heterocycles. The fourth-order valence-corrected chi connectivity index (χ4v) is 6.06. The number of piperazine rings is 1. The fourth-order valence-electron chi connectivity index (χ4n) is 3.53. The first kappa shape index (κ1) is 20.7. The molecule has 1 aliphatic rings. The van der Waals surface area contributed by atoms with Gasteiger partial charge in [-0.3, -0.25) is 4.90 Å². The predicted octanol–water partition coefficient (Wildman–Crippen LogP) is 3.44. The van der Waals surface area contributed by atoms with E-state index in [0.717, 1.165) is 50.7 Å². The Morgan fingerprint density at radius 3 is 2.42 bits per heavy atom. The second-order valence-corrected chi connectivity index (χ2v) is 11.9.